The fourth-order valence-electron chi connectivity index (χ4n) is 2.60. The van der Waals surface area contributed by atoms with Crippen LogP contribution in [0.3, 0.4) is 0 Å². The summed E-state index contributed by atoms with van der Waals surface area (Å²) in [6.07, 6.45) is 1.20. The smallest absolute Gasteiger partial charge is 0.0843 e. The van der Waals surface area contributed by atoms with E-state index < -0.39 is 0 Å². The number of nitrogens with one attached hydrogen (secondary N) is 1. The molecule has 1 saturated carbocycles. The van der Waals surface area contributed by atoms with Gasteiger partial charge in [0.15, 0.2) is 0 Å². The van der Waals surface area contributed by atoms with Crippen molar-refractivity contribution in [1.29, 1.82) is 0 Å². The van der Waals surface area contributed by atoms with Crippen molar-refractivity contribution < 1.29 is 0 Å². The number of benzene rings is 1. The van der Waals surface area contributed by atoms with Gasteiger partial charge in [-0.3, -0.25) is 11.3 Å². The van der Waals surface area contributed by atoms with Crippen molar-refractivity contribution in [2.45, 2.75) is 18.4 Å². The van der Waals surface area contributed by atoms with Crippen LogP contribution in [0.2, 0.25) is 0 Å². The molecule has 1 aliphatic carbocycles. The van der Waals surface area contributed by atoms with Gasteiger partial charge in [0.2, 0.25) is 0 Å². The molecule has 2 nitrogen and oxygen atoms in total. The summed E-state index contributed by atoms with van der Waals surface area (Å²) >= 11 is 8.82. The van der Waals surface area contributed by atoms with Gasteiger partial charge in [0.05, 0.1) is 9.83 Å². The van der Waals surface area contributed by atoms with Crippen molar-refractivity contribution in [2.75, 3.05) is 0 Å². The molecule has 0 saturated heterocycles. The summed E-state index contributed by atoms with van der Waals surface area (Å²) < 4.78 is 2.23. The Morgan fingerprint density at radius 3 is 2.58 bits per heavy atom. The third kappa shape index (κ3) is 2.81. The van der Waals surface area contributed by atoms with Crippen molar-refractivity contribution in [1.82, 2.24) is 5.43 Å². The van der Waals surface area contributed by atoms with E-state index in [0.29, 0.717) is 11.8 Å². The first-order chi connectivity index (χ1) is 9.20. The second kappa shape index (κ2) is 5.66. The van der Waals surface area contributed by atoms with Crippen LogP contribution in [0.4, 0.5) is 0 Å². The number of hydrogen-bond acceptors (Lipinski definition) is 3. The number of nitrogens with two attached hydrogens (primary N) is 1. The van der Waals surface area contributed by atoms with Gasteiger partial charge in [-0.05, 0) is 61.7 Å². The first kappa shape index (κ1) is 13.8. The monoisotopic (exact) mass is 400 g/mol. The molecule has 2 aromatic rings. The fourth-order valence-corrected chi connectivity index (χ4v) is 4.83. The van der Waals surface area contributed by atoms with Gasteiger partial charge in [-0.1, -0.05) is 30.3 Å². The Morgan fingerprint density at radius 1 is 1.26 bits per heavy atom. The van der Waals surface area contributed by atoms with E-state index in [2.05, 4.69) is 73.7 Å². The van der Waals surface area contributed by atoms with Crippen LogP contribution >= 0.6 is 43.2 Å². The Kier molecular flexibility index (Phi) is 4.10. The molecule has 3 rings (SSSR count). The fraction of sp³-hybridized carbons (Fsp3) is 0.286. The zero-order valence-corrected chi connectivity index (χ0v) is 14.1. The molecule has 1 aromatic carbocycles. The molecule has 1 heterocycles. The molecule has 0 amide bonds. The quantitative estimate of drug-likeness (QED) is 0.581. The molecule has 5 heteroatoms. The summed E-state index contributed by atoms with van der Waals surface area (Å²) in [4.78, 5) is 1.28. The van der Waals surface area contributed by atoms with Crippen molar-refractivity contribution >= 4 is 43.2 Å². The van der Waals surface area contributed by atoms with Crippen molar-refractivity contribution in [3.05, 3.63) is 55.1 Å². The minimum atomic E-state index is 0.234. The Balaban J connectivity index is 1.78. The summed E-state index contributed by atoms with van der Waals surface area (Å²) in [5.41, 5.74) is 4.41. The van der Waals surface area contributed by atoms with Gasteiger partial charge in [0, 0.05) is 9.35 Å². The molecule has 100 valence electrons. The van der Waals surface area contributed by atoms with E-state index in [1.165, 1.54) is 16.9 Å². The predicted octanol–water partition coefficient (Wildman–Crippen LogP) is 4.58. The molecule has 0 radical (unpaired) electrons. The number of halogens is 2. The molecule has 0 aliphatic heterocycles. The molecule has 3 N–H and O–H groups in total. The van der Waals surface area contributed by atoms with Gasteiger partial charge in [-0.15, -0.1) is 11.3 Å². The van der Waals surface area contributed by atoms with E-state index in [9.17, 15) is 0 Å². The largest absolute Gasteiger partial charge is 0.271 e. The number of rotatable bonds is 4. The normalized spacial score (nSPS) is 23.3. The van der Waals surface area contributed by atoms with Gasteiger partial charge in [-0.2, -0.15) is 0 Å². The van der Waals surface area contributed by atoms with Crippen molar-refractivity contribution in [3.63, 3.8) is 0 Å². The molecular formula is C14H14Br2N2S. The molecule has 1 fully saturated rings. The standard InChI is InChI=1S/C14H14Br2N2S/c15-11-7-12(19-14(11)16)13(18-17)10-6-9(10)8-4-2-1-3-5-8/h1-5,7,9-10,13,18H,6,17H2. The molecular weight excluding hydrogens is 388 g/mol. The topological polar surface area (TPSA) is 38.0 Å². The first-order valence-corrected chi connectivity index (χ1v) is 8.56. The molecule has 19 heavy (non-hydrogen) atoms. The molecule has 0 spiro atoms. The van der Waals surface area contributed by atoms with Crippen molar-refractivity contribution in [2.24, 2.45) is 11.8 Å². The number of hydrazine groups is 1. The second-order valence-corrected chi connectivity index (χ2v) is 8.09. The summed E-state index contributed by atoms with van der Waals surface area (Å²) in [5, 5.41) is 0. The third-order valence-electron chi connectivity index (χ3n) is 3.65. The van der Waals surface area contributed by atoms with Crippen LogP contribution in [0.5, 0.6) is 0 Å². The van der Waals surface area contributed by atoms with E-state index >= 15 is 0 Å². The Bertz CT molecular complexity index is 551. The summed E-state index contributed by atoms with van der Waals surface area (Å²) in [6, 6.07) is 13.1. The zero-order chi connectivity index (χ0) is 13.4. The predicted molar refractivity (Wildman–Crippen MR) is 87.1 cm³/mol. The van der Waals surface area contributed by atoms with Crippen LogP contribution in [0, 0.1) is 5.92 Å². The first-order valence-electron chi connectivity index (χ1n) is 6.16. The summed E-state index contributed by atoms with van der Waals surface area (Å²) in [7, 11) is 0. The zero-order valence-electron chi connectivity index (χ0n) is 10.1. The highest BCUT2D eigenvalue weighted by Crippen LogP contribution is 2.55. The van der Waals surface area contributed by atoms with E-state index in [0.717, 1.165) is 8.26 Å². The van der Waals surface area contributed by atoms with E-state index in [1.54, 1.807) is 11.3 Å². The highest BCUT2D eigenvalue weighted by atomic mass is 79.9. The average Bonchev–Trinajstić information content (AvgIpc) is 3.13. The number of thiophene rings is 1. The van der Waals surface area contributed by atoms with E-state index in [-0.39, 0.29) is 6.04 Å². The molecule has 1 aromatic heterocycles. The average molecular weight is 402 g/mol. The van der Waals surface area contributed by atoms with Gasteiger partial charge in [0.1, 0.15) is 0 Å². The van der Waals surface area contributed by atoms with E-state index in [4.69, 9.17) is 5.84 Å². The number of hydrogen-bond donors (Lipinski definition) is 2. The van der Waals surface area contributed by atoms with Crippen molar-refractivity contribution in [3.8, 4) is 0 Å². The van der Waals surface area contributed by atoms with Crippen LogP contribution in [0.15, 0.2) is 44.7 Å². The SMILES string of the molecule is NNC(c1cc(Br)c(Br)s1)C1CC1c1ccccc1. The minimum absolute atomic E-state index is 0.234. The maximum absolute atomic E-state index is 5.77. The molecule has 1 aliphatic rings. The summed E-state index contributed by atoms with van der Waals surface area (Å²) in [6.45, 7) is 0. The van der Waals surface area contributed by atoms with Gasteiger partial charge < -0.3 is 0 Å². The van der Waals surface area contributed by atoms with E-state index in [1.807, 2.05) is 0 Å². The highest BCUT2D eigenvalue weighted by Gasteiger charge is 2.44. The molecule has 3 unspecified atom stereocenters. The lowest BCUT2D eigenvalue weighted by Gasteiger charge is -2.14. The highest BCUT2D eigenvalue weighted by molar-refractivity contribution is 9.13. The lowest BCUT2D eigenvalue weighted by Crippen LogP contribution is -2.29. The third-order valence-corrected chi connectivity index (χ3v) is 6.99. The molecule has 0 bridgehead atoms. The second-order valence-electron chi connectivity index (χ2n) is 4.83. The Morgan fingerprint density at radius 2 is 2.00 bits per heavy atom. The Hall–Kier alpha value is -0.200. The molecule has 3 atom stereocenters. The maximum atomic E-state index is 5.77. The minimum Gasteiger partial charge on any atom is -0.271 e. The van der Waals surface area contributed by atoms with Gasteiger partial charge in [-0.25, -0.2) is 0 Å². The van der Waals surface area contributed by atoms with Crippen LogP contribution < -0.4 is 11.3 Å². The van der Waals surface area contributed by atoms with Crippen LogP contribution in [0.1, 0.15) is 28.8 Å². The summed E-state index contributed by atoms with van der Waals surface area (Å²) in [5.74, 6) is 6.99. The maximum Gasteiger partial charge on any atom is 0.0843 e. The Labute approximate surface area is 133 Å². The lowest BCUT2D eigenvalue weighted by atomic mass is 10.0. The van der Waals surface area contributed by atoms with Crippen LogP contribution in [-0.2, 0) is 0 Å². The van der Waals surface area contributed by atoms with Gasteiger partial charge >= 0.3 is 0 Å². The van der Waals surface area contributed by atoms with Crippen LogP contribution in [-0.4, -0.2) is 0 Å². The lowest BCUT2D eigenvalue weighted by molar-refractivity contribution is 0.495. The van der Waals surface area contributed by atoms with Crippen LogP contribution in [0.25, 0.3) is 0 Å². The van der Waals surface area contributed by atoms with Gasteiger partial charge in [0.25, 0.3) is 0 Å².